The Morgan fingerprint density at radius 2 is 1.47 bits per heavy atom. The summed E-state index contributed by atoms with van der Waals surface area (Å²) in [7, 11) is 0. The van der Waals surface area contributed by atoms with Crippen LogP contribution in [-0.2, 0) is 0 Å². The lowest BCUT2D eigenvalue weighted by Gasteiger charge is -2.12. The first-order valence-electron chi connectivity index (χ1n) is 7.34. The van der Waals surface area contributed by atoms with Crippen LogP contribution in [0.1, 0.15) is 71.6 Å². The van der Waals surface area contributed by atoms with Gasteiger partial charge >= 0.3 is 6.18 Å². The van der Waals surface area contributed by atoms with E-state index in [2.05, 4.69) is 6.92 Å². The van der Waals surface area contributed by atoms with E-state index in [0.717, 1.165) is 25.3 Å². The van der Waals surface area contributed by atoms with E-state index in [0.29, 0.717) is 6.42 Å². The Labute approximate surface area is 114 Å². The summed E-state index contributed by atoms with van der Waals surface area (Å²) >= 11 is 0. The first-order valence-corrected chi connectivity index (χ1v) is 7.34. The highest BCUT2D eigenvalue weighted by atomic mass is 19.4. The molecule has 19 heavy (non-hydrogen) atoms. The smallest absolute Gasteiger partial charge is 0.389 e. The molecule has 1 nitrogen and oxygen atoms in total. The second kappa shape index (κ2) is 10.3. The molecule has 0 aliphatic carbocycles. The molecular formula is C15H27F3O. The second-order valence-electron chi connectivity index (χ2n) is 5.16. The van der Waals surface area contributed by atoms with E-state index in [1.54, 1.807) is 0 Å². The Bertz CT molecular complexity index is 244. The van der Waals surface area contributed by atoms with Crippen LogP contribution < -0.4 is 0 Å². The van der Waals surface area contributed by atoms with Crippen LogP contribution in [0.2, 0.25) is 0 Å². The molecule has 0 aliphatic heterocycles. The summed E-state index contributed by atoms with van der Waals surface area (Å²) in [6.45, 7) is 3.51. The van der Waals surface area contributed by atoms with E-state index in [-0.39, 0.29) is 6.42 Å². The SMILES string of the molecule is CCCCCCCCCC/C(=C\C(C)O)C(F)(F)F. The van der Waals surface area contributed by atoms with Crippen molar-refractivity contribution in [2.45, 2.75) is 83.9 Å². The molecule has 0 spiro atoms. The van der Waals surface area contributed by atoms with Crippen molar-refractivity contribution in [1.82, 2.24) is 0 Å². The van der Waals surface area contributed by atoms with E-state index < -0.39 is 17.9 Å². The van der Waals surface area contributed by atoms with Gasteiger partial charge in [-0.25, -0.2) is 0 Å². The molecule has 4 heteroatoms. The molecule has 0 amide bonds. The number of hydrogen-bond donors (Lipinski definition) is 1. The van der Waals surface area contributed by atoms with Gasteiger partial charge in [-0.05, 0) is 25.8 Å². The fourth-order valence-electron chi connectivity index (χ4n) is 2.06. The highest BCUT2D eigenvalue weighted by Crippen LogP contribution is 2.30. The highest BCUT2D eigenvalue weighted by molar-refractivity contribution is 5.10. The molecule has 0 rings (SSSR count). The first kappa shape index (κ1) is 18.5. The van der Waals surface area contributed by atoms with Gasteiger partial charge in [0.1, 0.15) is 0 Å². The van der Waals surface area contributed by atoms with Crippen molar-refractivity contribution >= 4 is 0 Å². The van der Waals surface area contributed by atoms with Gasteiger partial charge in [0.2, 0.25) is 0 Å². The number of aliphatic hydroxyl groups is 1. The Morgan fingerprint density at radius 1 is 1.00 bits per heavy atom. The minimum absolute atomic E-state index is 0.0172. The van der Waals surface area contributed by atoms with Crippen LogP contribution in [0.3, 0.4) is 0 Å². The molecule has 1 N–H and O–H groups in total. The molecule has 114 valence electrons. The molecule has 0 fully saturated rings. The molecule has 0 aromatic carbocycles. The zero-order chi connectivity index (χ0) is 14.7. The average Bonchev–Trinajstić information content (AvgIpc) is 2.29. The van der Waals surface area contributed by atoms with E-state index in [1.165, 1.54) is 32.6 Å². The number of halogens is 3. The van der Waals surface area contributed by atoms with Crippen molar-refractivity contribution in [3.05, 3.63) is 11.6 Å². The molecule has 0 aliphatic rings. The standard InChI is InChI=1S/C15H27F3O/c1-3-4-5-6-7-8-9-10-11-14(12-13(2)19)15(16,17)18/h12-13,19H,3-11H2,1-2H3/b14-12+. The summed E-state index contributed by atoms with van der Waals surface area (Å²) in [5, 5.41) is 9.03. The van der Waals surface area contributed by atoms with Crippen LogP contribution in [0.4, 0.5) is 13.2 Å². The monoisotopic (exact) mass is 280 g/mol. The van der Waals surface area contributed by atoms with Crippen LogP contribution >= 0.6 is 0 Å². The van der Waals surface area contributed by atoms with Crippen LogP contribution in [0, 0.1) is 0 Å². The molecule has 0 saturated carbocycles. The third kappa shape index (κ3) is 11.0. The molecule has 0 heterocycles. The minimum atomic E-state index is -4.31. The number of rotatable bonds is 10. The summed E-state index contributed by atoms with van der Waals surface area (Å²) in [5.41, 5.74) is -0.589. The molecule has 1 unspecified atom stereocenters. The van der Waals surface area contributed by atoms with Crippen molar-refractivity contribution in [2.75, 3.05) is 0 Å². The number of aliphatic hydroxyl groups excluding tert-OH is 1. The minimum Gasteiger partial charge on any atom is -0.389 e. The predicted octanol–water partition coefficient (Wildman–Crippen LogP) is 5.39. The van der Waals surface area contributed by atoms with Gasteiger partial charge in [-0.1, -0.05) is 51.9 Å². The largest absolute Gasteiger partial charge is 0.412 e. The second-order valence-corrected chi connectivity index (χ2v) is 5.16. The predicted molar refractivity (Wildman–Crippen MR) is 73.0 cm³/mol. The zero-order valence-corrected chi connectivity index (χ0v) is 12.1. The Morgan fingerprint density at radius 3 is 1.89 bits per heavy atom. The van der Waals surface area contributed by atoms with Gasteiger partial charge in [0.05, 0.1) is 6.10 Å². The number of alkyl halides is 3. The normalized spacial score (nSPS) is 14.7. The Balaban J connectivity index is 3.78. The zero-order valence-electron chi connectivity index (χ0n) is 12.1. The first-order chi connectivity index (χ1) is 8.88. The van der Waals surface area contributed by atoms with Crippen LogP contribution in [0.25, 0.3) is 0 Å². The topological polar surface area (TPSA) is 20.2 Å². The van der Waals surface area contributed by atoms with Crippen LogP contribution in [-0.4, -0.2) is 17.4 Å². The summed E-state index contributed by atoms with van der Waals surface area (Å²) in [6.07, 6.45) is 3.95. The highest BCUT2D eigenvalue weighted by Gasteiger charge is 2.32. The Hall–Kier alpha value is -0.510. The maximum atomic E-state index is 12.6. The lowest BCUT2D eigenvalue weighted by Crippen LogP contribution is -2.14. The lowest BCUT2D eigenvalue weighted by molar-refractivity contribution is -0.0950. The summed E-state index contributed by atoms with van der Waals surface area (Å²) < 4.78 is 37.8. The molecular weight excluding hydrogens is 253 g/mol. The maximum absolute atomic E-state index is 12.6. The number of hydrogen-bond acceptors (Lipinski definition) is 1. The van der Waals surface area contributed by atoms with Crippen molar-refractivity contribution in [1.29, 1.82) is 0 Å². The summed E-state index contributed by atoms with van der Waals surface area (Å²) in [6, 6.07) is 0. The van der Waals surface area contributed by atoms with Gasteiger partial charge < -0.3 is 5.11 Å². The number of allylic oxidation sites excluding steroid dienone is 1. The van der Waals surface area contributed by atoms with Gasteiger partial charge in [-0.15, -0.1) is 0 Å². The molecule has 0 bridgehead atoms. The van der Waals surface area contributed by atoms with E-state index in [1.807, 2.05) is 0 Å². The van der Waals surface area contributed by atoms with Crippen LogP contribution in [0.5, 0.6) is 0 Å². The molecule has 0 radical (unpaired) electrons. The molecule has 1 atom stereocenters. The van der Waals surface area contributed by atoms with Crippen molar-refractivity contribution in [3.8, 4) is 0 Å². The van der Waals surface area contributed by atoms with E-state index >= 15 is 0 Å². The van der Waals surface area contributed by atoms with Crippen molar-refractivity contribution in [3.63, 3.8) is 0 Å². The molecule has 0 aromatic heterocycles. The van der Waals surface area contributed by atoms with Crippen molar-refractivity contribution in [2.24, 2.45) is 0 Å². The van der Waals surface area contributed by atoms with Crippen molar-refractivity contribution < 1.29 is 18.3 Å². The van der Waals surface area contributed by atoms with Gasteiger partial charge in [-0.3, -0.25) is 0 Å². The Kier molecular flexibility index (Phi) is 10.0. The van der Waals surface area contributed by atoms with Gasteiger partial charge in [0.15, 0.2) is 0 Å². The summed E-state index contributed by atoms with van der Waals surface area (Å²) in [5.74, 6) is 0. The third-order valence-electron chi connectivity index (χ3n) is 3.11. The fraction of sp³-hybridized carbons (Fsp3) is 0.867. The molecule has 0 aromatic rings. The third-order valence-corrected chi connectivity index (χ3v) is 3.11. The maximum Gasteiger partial charge on any atom is 0.412 e. The van der Waals surface area contributed by atoms with Gasteiger partial charge in [0.25, 0.3) is 0 Å². The fourth-order valence-corrected chi connectivity index (χ4v) is 2.06. The quantitative estimate of drug-likeness (QED) is 0.420. The van der Waals surface area contributed by atoms with E-state index in [9.17, 15) is 13.2 Å². The van der Waals surface area contributed by atoms with E-state index in [4.69, 9.17) is 5.11 Å². The number of unbranched alkanes of at least 4 members (excludes halogenated alkanes) is 7. The summed E-state index contributed by atoms with van der Waals surface area (Å²) in [4.78, 5) is 0. The van der Waals surface area contributed by atoms with Crippen LogP contribution in [0.15, 0.2) is 11.6 Å². The van der Waals surface area contributed by atoms with Gasteiger partial charge in [0, 0.05) is 5.57 Å². The average molecular weight is 280 g/mol. The lowest BCUT2D eigenvalue weighted by atomic mass is 10.0. The molecule has 0 saturated heterocycles. The van der Waals surface area contributed by atoms with Gasteiger partial charge in [-0.2, -0.15) is 13.2 Å².